The van der Waals surface area contributed by atoms with Crippen LogP contribution in [0.4, 0.5) is 30.6 Å². The quantitative estimate of drug-likeness (QED) is 0.363. The van der Waals surface area contributed by atoms with Crippen molar-refractivity contribution in [3.63, 3.8) is 0 Å². The molecule has 13 nitrogen and oxygen atoms in total. The fourth-order valence-corrected chi connectivity index (χ4v) is 4.44. The van der Waals surface area contributed by atoms with Gasteiger partial charge in [0, 0.05) is 57.7 Å². The Morgan fingerprint density at radius 2 is 1.89 bits per heavy atom. The van der Waals surface area contributed by atoms with Crippen molar-refractivity contribution in [3.8, 4) is 11.5 Å². The van der Waals surface area contributed by atoms with E-state index in [9.17, 15) is 13.2 Å². The van der Waals surface area contributed by atoms with Gasteiger partial charge in [-0.25, -0.2) is 9.78 Å². The third-order valence-corrected chi connectivity index (χ3v) is 6.29. The maximum atomic E-state index is 10.6. The summed E-state index contributed by atoms with van der Waals surface area (Å²) in [5, 5.41) is 29.4. The Morgan fingerprint density at radius 3 is 2.47 bits per heavy atom. The second kappa shape index (κ2) is 12.2. The summed E-state index contributed by atoms with van der Waals surface area (Å²) in [6, 6.07) is 1.03. The van der Waals surface area contributed by atoms with Gasteiger partial charge in [-0.05, 0) is 25.7 Å². The van der Waals surface area contributed by atoms with Crippen molar-refractivity contribution in [2.75, 3.05) is 36.8 Å². The number of aryl methyl sites for hydroxylation is 1. The van der Waals surface area contributed by atoms with Crippen molar-refractivity contribution in [1.82, 2.24) is 40.2 Å². The van der Waals surface area contributed by atoms with E-state index in [1.807, 2.05) is 13.2 Å². The topological polar surface area (TPSA) is 159 Å². The van der Waals surface area contributed by atoms with Crippen LogP contribution in [0, 0.1) is 0 Å². The van der Waals surface area contributed by atoms with Gasteiger partial charge in [0.15, 0.2) is 0 Å². The Labute approximate surface area is 215 Å². The lowest BCUT2D eigenvalue weighted by Crippen LogP contribution is -2.50. The van der Waals surface area contributed by atoms with E-state index in [0.29, 0.717) is 35.3 Å². The normalized spacial score (nSPS) is 20.3. The first-order valence-corrected chi connectivity index (χ1v) is 12.1. The largest absolute Gasteiger partial charge is 0.490 e. The third-order valence-electron chi connectivity index (χ3n) is 6.29. The Balaban J connectivity index is 0.000000426. The van der Waals surface area contributed by atoms with Gasteiger partial charge < -0.3 is 25.5 Å². The zero-order chi connectivity index (χ0) is 27.1. The van der Waals surface area contributed by atoms with Crippen LogP contribution in [-0.4, -0.2) is 90.4 Å². The molecule has 1 aliphatic heterocycles. The fourth-order valence-electron chi connectivity index (χ4n) is 4.44. The van der Waals surface area contributed by atoms with Crippen molar-refractivity contribution < 1.29 is 27.5 Å². The van der Waals surface area contributed by atoms with Gasteiger partial charge in [-0.15, -0.1) is 10.2 Å². The molecule has 0 atom stereocenters. The van der Waals surface area contributed by atoms with Crippen molar-refractivity contribution in [1.29, 1.82) is 0 Å². The number of carboxylic acids is 1. The Kier molecular flexibility index (Phi) is 8.73. The standard InChI is InChI=1S/C20H28N10O.C2HF3O2/c1-29-12-15(10-24-29)26-20-22-11-17(19-28-23-13-31-19)18(27-20)25-14-2-4-16(5-3-14)30-8-6-21-7-9-30;3-2(4,5)1(6)7/h10-14,16,21H,2-9H2,1H3,(H2,22,25,26,27);(H,6,7). The molecule has 0 aromatic carbocycles. The third kappa shape index (κ3) is 7.38. The highest BCUT2D eigenvalue weighted by Gasteiger charge is 2.38. The van der Waals surface area contributed by atoms with Gasteiger partial charge in [-0.2, -0.15) is 23.3 Å². The number of aliphatic carboxylic acids is 1. The summed E-state index contributed by atoms with van der Waals surface area (Å²) in [6.45, 7) is 4.50. The number of hydrogen-bond donors (Lipinski definition) is 4. The minimum atomic E-state index is -5.08. The fraction of sp³-hybridized carbons (Fsp3) is 0.545. The van der Waals surface area contributed by atoms with E-state index < -0.39 is 12.1 Å². The van der Waals surface area contributed by atoms with Gasteiger partial charge in [0.05, 0.1) is 17.4 Å². The van der Waals surface area contributed by atoms with Gasteiger partial charge in [0.25, 0.3) is 5.89 Å². The minimum Gasteiger partial charge on any atom is -0.475 e. The van der Waals surface area contributed by atoms with Crippen LogP contribution in [0.2, 0.25) is 0 Å². The molecule has 1 aliphatic carbocycles. The van der Waals surface area contributed by atoms with E-state index in [4.69, 9.17) is 19.3 Å². The van der Waals surface area contributed by atoms with Crippen LogP contribution in [-0.2, 0) is 11.8 Å². The molecule has 16 heteroatoms. The molecule has 4 N–H and O–H groups in total. The van der Waals surface area contributed by atoms with E-state index >= 15 is 0 Å². The van der Waals surface area contributed by atoms with E-state index in [-0.39, 0.29) is 0 Å². The molecule has 3 aromatic rings. The second-order valence-electron chi connectivity index (χ2n) is 8.97. The molecule has 38 heavy (non-hydrogen) atoms. The van der Waals surface area contributed by atoms with Gasteiger partial charge in [0.2, 0.25) is 12.3 Å². The highest BCUT2D eigenvalue weighted by molar-refractivity contribution is 5.73. The zero-order valence-corrected chi connectivity index (χ0v) is 20.6. The van der Waals surface area contributed by atoms with Crippen LogP contribution in [0.1, 0.15) is 25.7 Å². The summed E-state index contributed by atoms with van der Waals surface area (Å²) in [5.41, 5.74) is 1.54. The molecule has 2 aliphatic rings. The molecule has 1 saturated heterocycles. The van der Waals surface area contributed by atoms with Crippen molar-refractivity contribution in [2.45, 2.75) is 43.9 Å². The molecule has 3 aromatic heterocycles. The highest BCUT2D eigenvalue weighted by Crippen LogP contribution is 2.30. The summed E-state index contributed by atoms with van der Waals surface area (Å²) in [5.74, 6) is -1.15. The Morgan fingerprint density at radius 1 is 1.18 bits per heavy atom. The van der Waals surface area contributed by atoms with Crippen LogP contribution in [0.25, 0.3) is 11.5 Å². The lowest BCUT2D eigenvalue weighted by Gasteiger charge is -2.39. The summed E-state index contributed by atoms with van der Waals surface area (Å²) in [6.07, 6.45) is 6.16. The predicted molar refractivity (Wildman–Crippen MR) is 130 cm³/mol. The molecular formula is C22H29F3N10O3. The lowest BCUT2D eigenvalue weighted by molar-refractivity contribution is -0.192. The van der Waals surface area contributed by atoms with Gasteiger partial charge in [0.1, 0.15) is 5.82 Å². The number of alkyl halides is 3. The number of anilines is 3. The van der Waals surface area contributed by atoms with Crippen LogP contribution in [0.3, 0.4) is 0 Å². The maximum Gasteiger partial charge on any atom is 0.490 e. The first-order chi connectivity index (χ1) is 18.2. The molecule has 5 rings (SSSR count). The number of halogens is 3. The molecule has 1 saturated carbocycles. The number of carboxylic acid groups (broad SMARTS) is 1. The maximum absolute atomic E-state index is 10.6. The van der Waals surface area contributed by atoms with Crippen LogP contribution in [0.15, 0.2) is 29.4 Å². The van der Waals surface area contributed by atoms with Gasteiger partial charge in [-0.1, -0.05) is 0 Å². The number of piperazine rings is 1. The number of hydrogen-bond acceptors (Lipinski definition) is 11. The summed E-state index contributed by atoms with van der Waals surface area (Å²) >= 11 is 0. The first kappa shape index (κ1) is 27.3. The summed E-state index contributed by atoms with van der Waals surface area (Å²) in [7, 11) is 1.87. The monoisotopic (exact) mass is 538 g/mol. The summed E-state index contributed by atoms with van der Waals surface area (Å²) < 4.78 is 38.9. The van der Waals surface area contributed by atoms with Crippen molar-refractivity contribution in [2.24, 2.45) is 7.05 Å². The molecule has 0 bridgehead atoms. The van der Waals surface area contributed by atoms with Crippen LogP contribution in [0.5, 0.6) is 0 Å². The minimum absolute atomic E-state index is 0.349. The van der Waals surface area contributed by atoms with E-state index in [0.717, 1.165) is 44.7 Å². The molecule has 2 fully saturated rings. The predicted octanol–water partition coefficient (Wildman–Crippen LogP) is 2.27. The Bertz CT molecular complexity index is 1170. The molecule has 0 radical (unpaired) electrons. The van der Waals surface area contributed by atoms with Crippen LogP contribution < -0.4 is 16.0 Å². The average molecular weight is 539 g/mol. The van der Waals surface area contributed by atoms with Crippen LogP contribution >= 0.6 is 0 Å². The number of nitrogens with one attached hydrogen (secondary N) is 3. The summed E-state index contributed by atoms with van der Waals surface area (Å²) in [4.78, 5) is 20.7. The number of nitrogens with zero attached hydrogens (tertiary/aromatic N) is 7. The zero-order valence-electron chi connectivity index (χ0n) is 20.6. The molecule has 4 heterocycles. The van der Waals surface area contributed by atoms with E-state index in [1.165, 1.54) is 19.2 Å². The molecule has 0 amide bonds. The highest BCUT2D eigenvalue weighted by atomic mass is 19.4. The molecule has 206 valence electrons. The lowest BCUT2D eigenvalue weighted by atomic mass is 9.89. The number of aromatic nitrogens is 6. The number of rotatable bonds is 6. The molecule has 0 spiro atoms. The van der Waals surface area contributed by atoms with Crippen molar-refractivity contribution in [3.05, 3.63) is 25.0 Å². The van der Waals surface area contributed by atoms with E-state index in [2.05, 4.69) is 41.1 Å². The van der Waals surface area contributed by atoms with E-state index in [1.54, 1.807) is 17.1 Å². The van der Waals surface area contributed by atoms with Crippen molar-refractivity contribution >= 4 is 23.4 Å². The SMILES string of the molecule is Cn1cc(Nc2ncc(-c3nnco3)c(NC3CCC(N4CCNCC4)CC3)n2)cn1.O=C(O)C(F)(F)F. The molecular weight excluding hydrogens is 509 g/mol. The smallest absolute Gasteiger partial charge is 0.475 e. The van der Waals surface area contributed by atoms with Gasteiger partial charge in [-0.3, -0.25) is 9.58 Å². The first-order valence-electron chi connectivity index (χ1n) is 12.1. The molecule has 0 unspecified atom stereocenters. The van der Waals surface area contributed by atoms with Gasteiger partial charge >= 0.3 is 12.1 Å². The second-order valence-corrected chi connectivity index (χ2v) is 8.97. The average Bonchev–Trinajstić information content (AvgIpc) is 3.57. The number of carbonyl (C=O) groups is 1. The Hall–Kier alpha value is -3.79.